The van der Waals surface area contributed by atoms with Crippen LogP contribution in [0.25, 0.3) is 0 Å². The minimum absolute atomic E-state index is 0.100. The van der Waals surface area contributed by atoms with Crippen molar-refractivity contribution in [2.45, 2.75) is 31.5 Å². The van der Waals surface area contributed by atoms with Crippen LogP contribution in [-0.4, -0.2) is 35.6 Å². The fraction of sp³-hybridized carbons (Fsp3) is 0.333. The number of aliphatic hydroxyl groups is 2. The third-order valence-electron chi connectivity index (χ3n) is 4.28. The van der Waals surface area contributed by atoms with Gasteiger partial charge in [0, 0.05) is 5.41 Å². The van der Waals surface area contributed by atoms with Crippen LogP contribution in [0, 0.1) is 13.8 Å². The second-order valence-corrected chi connectivity index (χ2v) is 10.5. The molecule has 0 fully saturated rings. The zero-order valence-electron chi connectivity index (χ0n) is 16.0. The Morgan fingerprint density at radius 1 is 0.759 bits per heavy atom. The zero-order valence-corrected chi connectivity index (χ0v) is 22.4. The molecule has 2 rings (SSSR count). The predicted octanol–water partition coefficient (Wildman–Crippen LogP) is 6.21. The second kappa shape index (κ2) is 10.5. The van der Waals surface area contributed by atoms with Gasteiger partial charge in [-0.25, -0.2) is 0 Å². The topological polar surface area (TPSA) is 58.9 Å². The third-order valence-corrected chi connectivity index (χ3v) is 6.64. The van der Waals surface area contributed by atoms with E-state index in [0.29, 0.717) is 11.5 Å². The van der Waals surface area contributed by atoms with Gasteiger partial charge in [-0.1, -0.05) is 13.8 Å². The van der Waals surface area contributed by atoms with Crippen molar-refractivity contribution in [3.8, 4) is 11.5 Å². The first-order chi connectivity index (χ1) is 13.4. The Labute approximate surface area is 205 Å². The van der Waals surface area contributed by atoms with Gasteiger partial charge in [0.2, 0.25) is 0 Å². The van der Waals surface area contributed by atoms with Crippen LogP contribution in [0.15, 0.2) is 42.2 Å². The number of ether oxygens (including phenoxy) is 2. The van der Waals surface area contributed by atoms with Gasteiger partial charge in [-0.05, 0) is 113 Å². The van der Waals surface area contributed by atoms with E-state index in [-0.39, 0.29) is 18.6 Å². The minimum Gasteiger partial charge on any atom is -0.489 e. The van der Waals surface area contributed by atoms with Gasteiger partial charge in [0.15, 0.2) is 0 Å². The lowest BCUT2D eigenvalue weighted by atomic mass is 9.78. The molecule has 0 aliphatic heterocycles. The van der Waals surface area contributed by atoms with E-state index in [0.717, 1.165) is 29.0 Å². The van der Waals surface area contributed by atoms with Crippen LogP contribution in [-0.2, 0) is 5.41 Å². The van der Waals surface area contributed by atoms with Crippen LogP contribution in [0.1, 0.15) is 25.0 Å². The molecule has 4 nitrogen and oxygen atoms in total. The highest BCUT2D eigenvalue weighted by molar-refractivity contribution is 9.11. The summed E-state index contributed by atoms with van der Waals surface area (Å²) < 4.78 is 14.4. The van der Waals surface area contributed by atoms with Crippen molar-refractivity contribution in [2.75, 3.05) is 13.2 Å². The molecule has 29 heavy (non-hydrogen) atoms. The van der Waals surface area contributed by atoms with Crippen molar-refractivity contribution >= 4 is 63.7 Å². The summed E-state index contributed by atoms with van der Waals surface area (Å²) in [5.41, 5.74) is 1.77. The number of hydrogen-bond donors (Lipinski definition) is 2. The molecule has 0 saturated carbocycles. The van der Waals surface area contributed by atoms with Gasteiger partial charge in [0.1, 0.15) is 24.7 Å². The van der Waals surface area contributed by atoms with Gasteiger partial charge in [0.25, 0.3) is 0 Å². The Morgan fingerprint density at radius 2 is 1.03 bits per heavy atom. The maximum atomic E-state index is 9.37. The van der Waals surface area contributed by atoms with Crippen LogP contribution in [0.2, 0.25) is 0 Å². The number of halogens is 4. The maximum absolute atomic E-state index is 9.37. The largest absolute Gasteiger partial charge is 0.489 e. The van der Waals surface area contributed by atoms with E-state index in [4.69, 9.17) is 9.47 Å². The monoisotopic (exact) mass is 654 g/mol. The summed E-state index contributed by atoms with van der Waals surface area (Å²) in [6.07, 6.45) is -1.60. The van der Waals surface area contributed by atoms with Crippen molar-refractivity contribution in [3.05, 3.63) is 67.1 Å². The van der Waals surface area contributed by atoms with Crippen LogP contribution in [0.4, 0.5) is 0 Å². The molecule has 2 atom stereocenters. The summed E-state index contributed by atoms with van der Waals surface area (Å²) in [4.78, 5) is 0. The lowest BCUT2D eigenvalue weighted by Crippen LogP contribution is -2.20. The van der Waals surface area contributed by atoms with Crippen molar-refractivity contribution < 1.29 is 19.7 Å². The molecule has 2 unspecified atom stereocenters. The smallest absolute Gasteiger partial charge is 0.147 e. The predicted molar refractivity (Wildman–Crippen MR) is 130 cm³/mol. The summed E-state index contributed by atoms with van der Waals surface area (Å²) in [6, 6.07) is 8.00. The molecule has 2 aromatic rings. The molecule has 0 aromatic heterocycles. The number of rotatable bonds is 8. The molecule has 158 valence electrons. The molecule has 8 heteroatoms. The minimum atomic E-state index is -0.801. The van der Waals surface area contributed by atoms with Crippen LogP contribution in [0.3, 0.4) is 0 Å². The van der Waals surface area contributed by atoms with E-state index in [1.807, 2.05) is 24.3 Å². The van der Waals surface area contributed by atoms with Gasteiger partial charge in [0.05, 0.1) is 30.1 Å². The molecule has 0 bridgehead atoms. The molecule has 2 N–H and O–H groups in total. The number of hydrogen-bond acceptors (Lipinski definition) is 4. The normalized spacial score (nSPS) is 13.9. The molecule has 0 aliphatic carbocycles. The number of benzene rings is 2. The quantitative estimate of drug-likeness (QED) is 0.355. The molecular weight excluding hydrogens is 636 g/mol. The Hall–Kier alpha value is -0.120. The summed E-state index contributed by atoms with van der Waals surface area (Å²) in [6.45, 7) is 11.5. The summed E-state index contributed by atoms with van der Waals surface area (Å²) >= 11 is 14.3. The molecular formula is C21H22Br4O4. The Balaban J connectivity index is 2.39. The van der Waals surface area contributed by atoms with Gasteiger partial charge in [-0.15, -0.1) is 0 Å². The molecule has 0 saturated heterocycles. The average molecular weight is 658 g/mol. The molecule has 0 heterocycles. The Bertz CT molecular complexity index is 750. The highest BCUT2D eigenvalue weighted by atomic mass is 79.9. The standard InChI is InChI=1S/C21H22Br4O4/c1-11(26)9-28-19-15(22)5-13(6-16(19)23)21(3,4)14-7-17(24)20(18(25)8-14)29-10-12(2)27/h5-8,11-12,26-27H,1-2,9-10H2,3-4H3. The molecule has 0 amide bonds. The summed E-state index contributed by atoms with van der Waals surface area (Å²) in [5, 5.41) is 18.7. The molecule has 0 aliphatic rings. The van der Waals surface area contributed by atoms with Gasteiger partial charge in [-0.3, -0.25) is 0 Å². The average Bonchev–Trinajstić information content (AvgIpc) is 2.59. The molecule has 0 spiro atoms. The SMILES string of the molecule is [CH2]C(O)COc1c(Br)cc(C(C)(C)c2cc(Br)c(OCC([CH2])O)c(Br)c2)cc1Br. The first-order valence-corrected chi connectivity index (χ1v) is 11.9. The van der Waals surface area contributed by atoms with Crippen molar-refractivity contribution in [1.29, 1.82) is 0 Å². The molecule has 2 radical (unpaired) electrons. The number of aliphatic hydroxyl groups excluding tert-OH is 2. The second-order valence-electron chi connectivity index (χ2n) is 7.09. The summed E-state index contributed by atoms with van der Waals surface area (Å²) in [7, 11) is 0. The zero-order chi connectivity index (χ0) is 21.9. The van der Waals surface area contributed by atoms with E-state index in [9.17, 15) is 10.2 Å². The highest BCUT2D eigenvalue weighted by Crippen LogP contribution is 2.44. The van der Waals surface area contributed by atoms with E-state index < -0.39 is 12.2 Å². The lowest BCUT2D eigenvalue weighted by Gasteiger charge is -2.28. The lowest BCUT2D eigenvalue weighted by molar-refractivity contribution is 0.141. The fourth-order valence-electron chi connectivity index (χ4n) is 2.64. The highest BCUT2D eigenvalue weighted by Gasteiger charge is 2.27. The van der Waals surface area contributed by atoms with Gasteiger partial charge in [-0.2, -0.15) is 0 Å². The van der Waals surface area contributed by atoms with Crippen molar-refractivity contribution in [3.63, 3.8) is 0 Å². The van der Waals surface area contributed by atoms with Crippen molar-refractivity contribution in [1.82, 2.24) is 0 Å². The van der Waals surface area contributed by atoms with E-state index >= 15 is 0 Å². The van der Waals surface area contributed by atoms with Crippen molar-refractivity contribution in [2.24, 2.45) is 0 Å². The maximum Gasteiger partial charge on any atom is 0.147 e. The Morgan fingerprint density at radius 3 is 1.28 bits per heavy atom. The fourth-order valence-corrected chi connectivity index (χ4v) is 5.47. The van der Waals surface area contributed by atoms with E-state index in [2.05, 4.69) is 91.4 Å². The van der Waals surface area contributed by atoms with Crippen LogP contribution >= 0.6 is 63.7 Å². The van der Waals surface area contributed by atoms with Crippen LogP contribution in [0.5, 0.6) is 11.5 Å². The summed E-state index contributed by atoms with van der Waals surface area (Å²) in [5.74, 6) is 1.23. The Kier molecular flexibility index (Phi) is 9.07. The van der Waals surface area contributed by atoms with E-state index in [1.54, 1.807) is 0 Å². The first kappa shape index (κ1) is 25.1. The van der Waals surface area contributed by atoms with Gasteiger partial charge < -0.3 is 19.7 Å². The van der Waals surface area contributed by atoms with E-state index in [1.165, 1.54) is 0 Å². The van der Waals surface area contributed by atoms with Gasteiger partial charge >= 0.3 is 0 Å². The van der Waals surface area contributed by atoms with Crippen LogP contribution < -0.4 is 9.47 Å². The third kappa shape index (κ3) is 6.43. The first-order valence-electron chi connectivity index (χ1n) is 8.70. The molecule has 2 aromatic carbocycles.